The monoisotopic (exact) mass is 264 g/mol. The zero-order valence-corrected chi connectivity index (χ0v) is 11.4. The number of methoxy groups -OCH3 is 1. The summed E-state index contributed by atoms with van der Waals surface area (Å²) in [6, 6.07) is 1.73. The van der Waals surface area contributed by atoms with Gasteiger partial charge < -0.3 is 14.8 Å². The summed E-state index contributed by atoms with van der Waals surface area (Å²) in [7, 11) is 1.57. The van der Waals surface area contributed by atoms with Gasteiger partial charge in [0.2, 0.25) is 5.91 Å². The Bertz CT molecular complexity index is 436. The summed E-state index contributed by atoms with van der Waals surface area (Å²) in [5.74, 6) is 0.509. The number of carbonyl (C=O) groups excluding carboxylic acids is 1. The Labute approximate surface area is 113 Å². The van der Waals surface area contributed by atoms with Crippen molar-refractivity contribution in [2.24, 2.45) is 5.92 Å². The second kappa shape index (κ2) is 6.52. The van der Waals surface area contributed by atoms with Gasteiger partial charge in [0.15, 0.2) is 0 Å². The quantitative estimate of drug-likeness (QED) is 0.906. The van der Waals surface area contributed by atoms with Crippen molar-refractivity contribution in [3.05, 3.63) is 18.5 Å². The maximum absolute atomic E-state index is 12.3. The fourth-order valence-electron chi connectivity index (χ4n) is 2.42. The first-order valence-corrected chi connectivity index (χ1v) is 6.66. The highest BCUT2D eigenvalue weighted by Gasteiger charge is 2.31. The van der Waals surface area contributed by atoms with Gasteiger partial charge in [0.05, 0.1) is 25.3 Å². The van der Waals surface area contributed by atoms with Crippen molar-refractivity contribution < 1.29 is 14.3 Å². The maximum atomic E-state index is 12.3. The predicted octanol–water partition coefficient (Wildman–Crippen LogP) is 2.23. The molecule has 1 fully saturated rings. The van der Waals surface area contributed by atoms with Gasteiger partial charge in [-0.1, -0.05) is 6.92 Å². The van der Waals surface area contributed by atoms with Gasteiger partial charge in [-0.05, 0) is 19.3 Å². The van der Waals surface area contributed by atoms with E-state index in [9.17, 15) is 4.79 Å². The van der Waals surface area contributed by atoms with Crippen LogP contribution in [0.5, 0.6) is 5.75 Å². The molecule has 0 radical (unpaired) electrons. The van der Waals surface area contributed by atoms with Crippen LogP contribution in [0.4, 0.5) is 5.69 Å². The van der Waals surface area contributed by atoms with E-state index in [1.54, 1.807) is 25.6 Å². The molecule has 1 aliphatic rings. The molecule has 0 aliphatic carbocycles. The molecule has 0 aromatic carbocycles. The van der Waals surface area contributed by atoms with Gasteiger partial charge in [-0.3, -0.25) is 9.78 Å². The fourth-order valence-corrected chi connectivity index (χ4v) is 2.42. The SMILES string of the molecule is CC[C@H]1OCCC[C@@H]1C(=O)Nc1cnccc1OC. The smallest absolute Gasteiger partial charge is 0.230 e. The van der Waals surface area contributed by atoms with Gasteiger partial charge in [-0.25, -0.2) is 0 Å². The molecule has 1 saturated heterocycles. The number of ether oxygens (including phenoxy) is 2. The number of hydrogen-bond donors (Lipinski definition) is 1. The standard InChI is InChI=1S/C14H20N2O3/c1-3-12-10(5-4-8-19-12)14(17)16-11-9-15-7-6-13(11)18-2/h6-7,9-10,12H,3-5,8H2,1-2H3,(H,16,17)/t10-,12+/m0/s1. The zero-order chi connectivity index (χ0) is 13.7. The number of amides is 1. The number of hydrogen-bond acceptors (Lipinski definition) is 4. The van der Waals surface area contributed by atoms with Crippen molar-refractivity contribution >= 4 is 11.6 Å². The van der Waals surface area contributed by atoms with Crippen LogP contribution in [0.25, 0.3) is 0 Å². The molecule has 0 unspecified atom stereocenters. The van der Waals surface area contributed by atoms with Gasteiger partial charge in [-0.2, -0.15) is 0 Å². The molecule has 0 spiro atoms. The van der Waals surface area contributed by atoms with Crippen LogP contribution in [-0.2, 0) is 9.53 Å². The van der Waals surface area contributed by atoms with Gasteiger partial charge >= 0.3 is 0 Å². The highest BCUT2D eigenvalue weighted by molar-refractivity contribution is 5.94. The molecule has 5 heteroatoms. The molecule has 1 aliphatic heterocycles. The zero-order valence-electron chi connectivity index (χ0n) is 11.4. The molecule has 0 saturated carbocycles. The van der Waals surface area contributed by atoms with E-state index in [1.165, 1.54) is 0 Å². The summed E-state index contributed by atoms with van der Waals surface area (Å²) in [4.78, 5) is 16.3. The third-order valence-corrected chi connectivity index (χ3v) is 3.44. The topological polar surface area (TPSA) is 60.5 Å². The highest BCUT2D eigenvalue weighted by Crippen LogP contribution is 2.27. The Hall–Kier alpha value is -1.62. The van der Waals surface area contributed by atoms with Crippen molar-refractivity contribution in [1.82, 2.24) is 4.98 Å². The van der Waals surface area contributed by atoms with Crippen LogP contribution in [0.3, 0.4) is 0 Å². The third kappa shape index (κ3) is 3.23. The highest BCUT2D eigenvalue weighted by atomic mass is 16.5. The lowest BCUT2D eigenvalue weighted by Crippen LogP contribution is -2.37. The Kier molecular flexibility index (Phi) is 4.74. The first-order chi connectivity index (χ1) is 9.26. The van der Waals surface area contributed by atoms with E-state index in [2.05, 4.69) is 10.3 Å². The molecule has 19 heavy (non-hydrogen) atoms. The molecule has 1 aromatic rings. The minimum absolute atomic E-state index is 0.0106. The van der Waals surface area contributed by atoms with Gasteiger partial charge in [-0.15, -0.1) is 0 Å². The van der Waals surface area contributed by atoms with Crippen molar-refractivity contribution in [2.45, 2.75) is 32.3 Å². The molecule has 2 atom stereocenters. The molecule has 5 nitrogen and oxygen atoms in total. The van der Waals surface area contributed by atoms with E-state index in [1.807, 2.05) is 6.92 Å². The minimum atomic E-state index is -0.0938. The number of rotatable bonds is 4. The summed E-state index contributed by atoms with van der Waals surface area (Å²) in [5, 5.41) is 2.89. The molecule has 104 valence electrons. The summed E-state index contributed by atoms with van der Waals surface area (Å²) in [6.07, 6.45) is 5.89. The summed E-state index contributed by atoms with van der Waals surface area (Å²) >= 11 is 0. The van der Waals surface area contributed by atoms with Crippen molar-refractivity contribution in [3.8, 4) is 5.75 Å². The largest absolute Gasteiger partial charge is 0.494 e. The van der Waals surface area contributed by atoms with E-state index < -0.39 is 0 Å². The van der Waals surface area contributed by atoms with Gasteiger partial charge in [0, 0.05) is 18.9 Å². The second-order valence-corrected chi connectivity index (χ2v) is 4.63. The van der Waals surface area contributed by atoms with E-state index in [0.29, 0.717) is 11.4 Å². The molecular formula is C14H20N2O3. The van der Waals surface area contributed by atoms with Gasteiger partial charge in [0.25, 0.3) is 0 Å². The Balaban J connectivity index is 2.07. The normalized spacial score (nSPS) is 22.8. The first kappa shape index (κ1) is 13.8. The number of nitrogens with one attached hydrogen (secondary N) is 1. The van der Waals surface area contributed by atoms with E-state index in [4.69, 9.17) is 9.47 Å². The number of anilines is 1. The Morgan fingerprint density at radius 1 is 1.63 bits per heavy atom. The lowest BCUT2D eigenvalue weighted by atomic mass is 9.92. The van der Waals surface area contributed by atoms with Crippen LogP contribution in [-0.4, -0.2) is 30.7 Å². The number of carbonyl (C=O) groups is 1. The fraction of sp³-hybridized carbons (Fsp3) is 0.571. The van der Waals surface area contributed by atoms with Crippen molar-refractivity contribution in [3.63, 3.8) is 0 Å². The second-order valence-electron chi connectivity index (χ2n) is 4.63. The maximum Gasteiger partial charge on any atom is 0.230 e. The minimum Gasteiger partial charge on any atom is -0.494 e. The lowest BCUT2D eigenvalue weighted by molar-refractivity contribution is -0.129. The van der Waals surface area contributed by atoms with Crippen LogP contribution in [0, 0.1) is 5.92 Å². The first-order valence-electron chi connectivity index (χ1n) is 6.66. The van der Waals surface area contributed by atoms with Crippen LogP contribution in [0.15, 0.2) is 18.5 Å². The Morgan fingerprint density at radius 3 is 3.21 bits per heavy atom. The molecule has 1 amide bonds. The summed E-state index contributed by atoms with van der Waals surface area (Å²) in [6.45, 7) is 2.79. The molecule has 1 N–H and O–H groups in total. The Morgan fingerprint density at radius 2 is 2.47 bits per heavy atom. The van der Waals surface area contributed by atoms with Gasteiger partial charge in [0.1, 0.15) is 11.4 Å². The van der Waals surface area contributed by atoms with Crippen molar-refractivity contribution in [2.75, 3.05) is 19.0 Å². The van der Waals surface area contributed by atoms with E-state index in [0.717, 1.165) is 25.9 Å². The van der Waals surface area contributed by atoms with E-state index in [-0.39, 0.29) is 17.9 Å². The van der Waals surface area contributed by atoms with Crippen LogP contribution < -0.4 is 10.1 Å². The average Bonchev–Trinajstić information content (AvgIpc) is 2.47. The number of pyridine rings is 1. The van der Waals surface area contributed by atoms with Crippen LogP contribution in [0.1, 0.15) is 26.2 Å². The van der Waals surface area contributed by atoms with Crippen LogP contribution >= 0.6 is 0 Å². The molecule has 1 aromatic heterocycles. The molecular weight excluding hydrogens is 244 g/mol. The molecule has 0 bridgehead atoms. The lowest BCUT2D eigenvalue weighted by Gasteiger charge is -2.30. The molecule has 2 heterocycles. The number of nitrogens with zero attached hydrogens (tertiary/aromatic N) is 1. The summed E-state index contributed by atoms with van der Waals surface area (Å²) in [5.41, 5.74) is 0.607. The average molecular weight is 264 g/mol. The van der Waals surface area contributed by atoms with E-state index >= 15 is 0 Å². The predicted molar refractivity (Wildman–Crippen MR) is 72.2 cm³/mol. The third-order valence-electron chi connectivity index (χ3n) is 3.44. The molecule has 2 rings (SSSR count). The number of aromatic nitrogens is 1. The van der Waals surface area contributed by atoms with Crippen molar-refractivity contribution in [1.29, 1.82) is 0 Å². The van der Waals surface area contributed by atoms with Crippen LogP contribution in [0.2, 0.25) is 0 Å². The summed E-state index contributed by atoms with van der Waals surface area (Å²) < 4.78 is 10.8.